The molecule has 1 nitrogen and oxygen atoms in total. The van der Waals surface area contributed by atoms with Crippen molar-refractivity contribution in [3.63, 3.8) is 0 Å². The van der Waals surface area contributed by atoms with Crippen LogP contribution < -0.4 is 0 Å². The first-order valence-electron chi connectivity index (χ1n) is 6.15. The average molecular weight is 206 g/mol. The van der Waals surface area contributed by atoms with Crippen LogP contribution in [0.25, 0.3) is 0 Å². The molecule has 0 radical (unpaired) electrons. The molecule has 2 rings (SSSR count). The van der Waals surface area contributed by atoms with Crippen LogP contribution in [0.15, 0.2) is 11.6 Å². The first-order chi connectivity index (χ1) is 6.93. The fourth-order valence-electron chi connectivity index (χ4n) is 3.79. The van der Waals surface area contributed by atoms with Crippen LogP contribution in [0, 0.1) is 16.7 Å². The summed E-state index contributed by atoms with van der Waals surface area (Å²) < 4.78 is 0. The number of carbonyl (C=O) groups excluding carboxylic acids is 1. The second-order valence-electron chi connectivity index (χ2n) is 5.99. The Morgan fingerprint density at radius 1 is 1.40 bits per heavy atom. The highest BCUT2D eigenvalue weighted by atomic mass is 16.1. The average Bonchev–Trinajstić information content (AvgIpc) is 2.52. The minimum atomic E-state index is -0.128. The van der Waals surface area contributed by atoms with E-state index in [1.54, 1.807) is 0 Å². The highest BCUT2D eigenvalue weighted by Crippen LogP contribution is 2.58. The smallest absolute Gasteiger partial charge is 0.143 e. The zero-order valence-electron chi connectivity index (χ0n) is 10.4. The number of hydrogen-bond donors (Lipinski definition) is 0. The molecule has 0 aromatic rings. The van der Waals surface area contributed by atoms with E-state index in [2.05, 4.69) is 33.8 Å². The Balaban J connectivity index is 2.42. The summed E-state index contributed by atoms with van der Waals surface area (Å²) in [6.45, 7) is 9.02. The standard InChI is InChI=1S/C14H22O/c1-5-10-6-7-11-13(2,3)9-8-12(15)14(10,11)4/h6,11H,5,7-9H2,1-4H3. The molecule has 0 saturated heterocycles. The zero-order valence-corrected chi connectivity index (χ0v) is 10.4. The molecule has 84 valence electrons. The number of fused-ring (bicyclic) bond motifs is 1. The van der Waals surface area contributed by atoms with Gasteiger partial charge in [0.25, 0.3) is 0 Å². The maximum absolute atomic E-state index is 12.2. The van der Waals surface area contributed by atoms with Crippen molar-refractivity contribution in [1.82, 2.24) is 0 Å². The maximum atomic E-state index is 12.2. The van der Waals surface area contributed by atoms with Gasteiger partial charge in [-0.05, 0) is 37.5 Å². The molecule has 2 aliphatic carbocycles. The number of rotatable bonds is 1. The van der Waals surface area contributed by atoms with E-state index >= 15 is 0 Å². The lowest BCUT2D eigenvalue weighted by Crippen LogP contribution is -2.46. The molecule has 1 fully saturated rings. The number of carbonyl (C=O) groups is 1. The van der Waals surface area contributed by atoms with Gasteiger partial charge in [0.2, 0.25) is 0 Å². The SMILES string of the molecule is CCC1=CCC2C(C)(C)CCC(=O)C12C. The Morgan fingerprint density at radius 2 is 2.07 bits per heavy atom. The van der Waals surface area contributed by atoms with E-state index in [1.807, 2.05) is 0 Å². The van der Waals surface area contributed by atoms with Crippen molar-refractivity contribution >= 4 is 5.78 Å². The van der Waals surface area contributed by atoms with Gasteiger partial charge in [0.15, 0.2) is 0 Å². The number of allylic oxidation sites excluding steroid dienone is 2. The Hall–Kier alpha value is -0.590. The summed E-state index contributed by atoms with van der Waals surface area (Å²) >= 11 is 0. The van der Waals surface area contributed by atoms with Gasteiger partial charge in [0, 0.05) is 6.42 Å². The molecular weight excluding hydrogens is 184 g/mol. The van der Waals surface area contributed by atoms with Crippen molar-refractivity contribution in [2.24, 2.45) is 16.7 Å². The van der Waals surface area contributed by atoms with Crippen molar-refractivity contribution < 1.29 is 4.79 Å². The maximum Gasteiger partial charge on any atom is 0.143 e. The van der Waals surface area contributed by atoms with Crippen molar-refractivity contribution in [1.29, 1.82) is 0 Å². The fraction of sp³-hybridized carbons (Fsp3) is 0.786. The van der Waals surface area contributed by atoms with Crippen molar-refractivity contribution in [2.45, 2.75) is 53.4 Å². The topological polar surface area (TPSA) is 17.1 Å². The number of ketones is 1. The van der Waals surface area contributed by atoms with E-state index in [0.717, 1.165) is 25.7 Å². The van der Waals surface area contributed by atoms with Crippen LogP contribution in [0.3, 0.4) is 0 Å². The summed E-state index contributed by atoms with van der Waals surface area (Å²) in [5.74, 6) is 1.03. The monoisotopic (exact) mass is 206 g/mol. The predicted octanol–water partition coefficient (Wildman–Crippen LogP) is 3.74. The summed E-state index contributed by atoms with van der Waals surface area (Å²) in [6.07, 6.45) is 6.32. The first-order valence-corrected chi connectivity index (χ1v) is 6.15. The van der Waals surface area contributed by atoms with E-state index in [9.17, 15) is 4.79 Å². The molecule has 0 aliphatic heterocycles. The van der Waals surface area contributed by atoms with Crippen molar-refractivity contribution in [3.05, 3.63) is 11.6 Å². The van der Waals surface area contributed by atoms with E-state index in [-0.39, 0.29) is 5.41 Å². The summed E-state index contributed by atoms with van der Waals surface area (Å²) in [5, 5.41) is 0. The Labute approximate surface area is 92.9 Å². The summed E-state index contributed by atoms with van der Waals surface area (Å²) in [4.78, 5) is 12.2. The van der Waals surface area contributed by atoms with Gasteiger partial charge in [0.1, 0.15) is 5.78 Å². The van der Waals surface area contributed by atoms with Gasteiger partial charge in [-0.1, -0.05) is 32.4 Å². The van der Waals surface area contributed by atoms with Crippen molar-refractivity contribution in [3.8, 4) is 0 Å². The van der Waals surface area contributed by atoms with Crippen LogP contribution in [0.4, 0.5) is 0 Å². The van der Waals surface area contributed by atoms with Gasteiger partial charge in [-0.2, -0.15) is 0 Å². The molecule has 0 heterocycles. The van der Waals surface area contributed by atoms with E-state index in [0.29, 0.717) is 17.1 Å². The quantitative estimate of drug-likeness (QED) is 0.597. The molecule has 0 spiro atoms. The Bertz CT molecular complexity index is 324. The molecule has 1 saturated carbocycles. The lowest BCUT2D eigenvalue weighted by atomic mass is 9.55. The van der Waals surface area contributed by atoms with E-state index in [4.69, 9.17) is 0 Å². The van der Waals surface area contributed by atoms with Crippen LogP contribution >= 0.6 is 0 Å². The van der Waals surface area contributed by atoms with Crippen LogP contribution in [0.1, 0.15) is 53.4 Å². The number of Topliss-reactive ketones (excluding diaryl/α,β-unsaturated/α-hetero) is 1. The van der Waals surface area contributed by atoms with Crippen LogP contribution in [-0.4, -0.2) is 5.78 Å². The van der Waals surface area contributed by atoms with E-state index < -0.39 is 0 Å². The van der Waals surface area contributed by atoms with Gasteiger partial charge in [-0.3, -0.25) is 4.79 Å². The first kappa shape index (κ1) is 10.9. The van der Waals surface area contributed by atoms with Gasteiger partial charge >= 0.3 is 0 Å². The second kappa shape index (κ2) is 3.20. The third-order valence-corrected chi connectivity index (χ3v) is 4.86. The predicted molar refractivity (Wildman–Crippen MR) is 62.6 cm³/mol. The summed E-state index contributed by atoms with van der Waals surface area (Å²) in [5.41, 5.74) is 1.59. The molecule has 0 bridgehead atoms. The zero-order chi connectivity index (χ0) is 11.3. The van der Waals surface area contributed by atoms with Gasteiger partial charge in [-0.15, -0.1) is 0 Å². The van der Waals surface area contributed by atoms with Crippen LogP contribution in [0.2, 0.25) is 0 Å². The molecule has 15 heavy (non-hydrogen) atoms. The largest absolute Gasteiger partial charge is 0.299 e. The van der Waals surface area contributed by atoms with E-state index in [1.165, 1.54) is 5.57 Å². The molecule has 2 unspecified atom stereocenters. The molecule has 2 atom stereocenters. The second-order valence-corrected chi connectivity index (χ2v) is 5.99. The van der Waals surface area contributed by atoms with Crippen molar-refractivity contribution in [2.75, 3.05) is 0 Å². The molecule has 2 aliphatic rings. The molecule has 0 N–H and O–H groups in total. The minimum Gasteiger partial charge on any atom is -0.299 e. The lowest BCUT2D eigenvalue weighted by molar-refractivity contribution is -0.136. The molecule has 0 amide bonds. The molecule has 0 aromatic carbocycles. The fourth-order valence-corrected chi connectivity index (χ4v) is 3.79. The van der Waals surface area contributed by atoms with Crippen LogP contribution in [-0.2, 0) is 4.79 Å². The third kappa shape index (κ3) is 1.32. The van der Waals surface area contributed by atoms with Crippen LogP contribution in [0.5, 0.6) is 0 Å². The molecule has 0 aromatic heterocycles. The highest BCUT2D eigenvalue weighted by Gasteiger charge is 2.54. The van der Waals surface area contributed by atoms with Gasteiger partial charge < -0.3 is 0 Å². The lowest BCUT2D eigenvalue weighted by Gasteiger charge is -2.47. The van der Waals surface area contributed by atoms with Gasteiger partial charge in [-0.25, -0.2) is 0 Å². The third-order valence-electron chi connectivity index (χ3n) is 4.86. The molecule has 1 heteroatoms. The minimum absolute atomic E-state index is 0.128. The Kier molecular flexibility index (Phi) is 2.33. The Morgan fingerprint density at radius 3 is 2.67 bits per heavy atom. The summed E-state index contributed by atoms with van der Waals surface area (Å²) in [6, 6.07) is 0. The number of hydrogen-bond acceptors (Lipinski definition) is 1. The highest BCUT2D eigenvalue weighted by molar-refractivity contribution is 5.89. The normalized spacial score (nSPS) is 38.8. The summed E-state index contributed by atoms with van der Waals surface area (Å²) in [7, 11) is 0. The molecular formula is C14H22O. The van der Waals surface area contributed by atoms with Gasteiger partial charge in [0.05, 0.1) is 5.41 Å².